The van der Waals surface area contributed by atoms with E-state index in [1.807, 2.05) is 70.7 Å². The van der Waals surface area contributed by atoms with Gasteiger partial charge in [-0.05, 0) is 17.7 Å². The highest BCUT2D eigenvalue weighted by molar-refractivity contribution is 7.13. The summed E-state index contributed by atoms with van der Waals surface area (Å²) in [6.07, 6.45) is 3.92. The molecule has 4 nitrogen and oxygen atoms in total. The summed E-state index contributed by atoms with van der Waals surface area (Å²) < 4.78 is 1.96. The minimum Gasteiger partial charge on any atom is -0.365 e. The summed E-state index contributed by atoms with van der Waals surface area (Å²) in [5.74, 6) is -0.413. The molecule has 1 amide bonds. The second-order valence-corrected chi connectivity index (χ2v) is 6.06. The number of benzene rings is 1. The zero-order valence-electron chi connectivity index (χ0n) is 12.1. The van der Waals surface area contributed by atoms with Gasteiger partial charge in [-0.3, -0.25) is 4.79 Å². The van der Waals surface area contributed by atoms with Gasteiger partial charge in [0.25, 0.3) is 5.91 Å². The van der Waals surface area contributed by atoms with Gasteiger partial charge >= 0.3 is 0 Å². The molecule has 0 saturated heterocycles. The molecule has 0 spiro atoms. The van der Waals surface area contributed by atoms with Crippen LogP contribution in [0.5, 0.6) is 0 Å². The minimum atomic E-state index is -0.413. The molecule has 0 aliphatic carbocycles. The number of carbonyl (C=O) groups excluding carboxylic acids is 1. The van der Waals surface area contributed by atoms with E-state index in [1.54, 1.807) is 0 Å². The summed E-state index contributed by atoms with van der Waals surface area (Å²) in [6.45, 7) is 0. The summed E-state index contributed by atoms with van der Waals surface area (Å²) in [5, 5.41) is 1.95. The Labute approximate surface area is 136 Å². The first kappa shape index (κ1) is 13.7. The number of fused-ring (bicyclic) bond motifs is 1. The topological polar surface area (TPSA) is 60.4 Å². The Kier molecular flexibility index (Phi) is 3.20. The van der Waals surface area contributed by atoms with E-state index in [1.165, 1.54) is 11.3 Å². The lowest BCUT2D eigenvalue weighted by atomic mass is 10.00. The van der Waals surface area contributed by atoms with Crippen LogP contribution >= 0.6 is 11.3 Å². The molecule has 0 aliphatic heterocycles. The third kappa shape index (κ3) is 2.31. The van der Waals surface area contributed by atoms with Gasteiger partial charge in [-0.25, -0.2) is 4.98 Å². The van der Waals surface area contributed by atoms with E-state index in [0.29, 0.717) is 4.88 Å². The highest BCUT2D eigenvalue weighted by atomic mass is 32.1. The van der Waals surface area contributed by atoms with Crippen LogP contribution < -0.4 is 5.73 Å². The van der Waals surface area contributed by atoms with Crippen LogP contribution in [0.25, 0.3) is 28.0 Å². The Morgan fingerprint density at radius 3 is 2.61 bits per heavy atom. The van der Waals surface area contributed by atoms with Crippen LogP contribution in [0.3, 0.4) is 0 Å². The summed E-state index contributed by atoms with van der Waals surface area (Å²) in [4.78, 5) is 17.0. The van der Waals surface area contributed by atoms with Gasteiger partial charge in [0, 0.05) is 28.9 Å². The van der Waals surface area contributed by atoms with Gasteiger partial charge in [-0.2, -0.15) is 0 Å². The molecule has 5 heteroatoms. The van der Waals surface area contributed by atoms with Gasteiger partial charge in [0.2, 0.25) is 0 Å². The quantitative estimate of drug-likeness (QED) is 0.624. The molecular weight excluding hydrogens is 306 g/mol. The van der Waals surface area contributed by atoms with Crippen molar-refractivity contribution in [1.29, 1.82) is 0 Å². The van der Waals surface area contributed by atoms with Gasteiger partial charge in [0.05, 0.1) is 5.69 Å². The van der Waals surface area contributed by atoms with Crippen LogP contribution in [0, 0.1) is 0 Å². The highest BCUT2D eigenvalue weighted by Gasteiger charge is 2.20. The maximum absolute atomic E-state index is 11.8. The van der Waals surface area contributed by atoms with E-state index >= 15 is 0 Å². The van der Waals surface area contributed by atoms with Crippen molar-refractivity contribution in [3.8, 4) is 22.4 Å². The molecule has 0 fully saturated rings. The lowest BCUT2D eigenvalue weighted by Gasteiger charge is -2.04. The molecule has 0 bridgehead atoms. The first-order chi connectivity index (χ1) is 11.2. The molecule has 0 aliphatic rings. The summed E-state index contributed by atoms with van der Waals surface area (Å²) >= 11 is 1.36. The molecule has 3 aromatic heterocycles. The molecule has 4 aromatic rings. The third-order valence-corrected chi connectivity index (χ3v) is 4.71. The number of nitrogens with zero attached hydrogens (tertiary/aromatic N) is 2. The first-order valence-corrected chi connectivity index (χ1v) is 8.03. The van der Waals surface area contributed by atoms with Crippen molar-refractivity contribution < 1.29 is 4.79 Å². The Balaban J connectivity index is 1.97. The number of imidazole rings is 1. The molecule has 112 valence electrons. The van der Waals surface area contributed by atoms with E-state index in [-0.39, 0.29) is 0 Å². The summed E-state index contributed by atoms with van der Waals surface area (Å²) in [5.41, 5.74) is 10.0. The molecule has 23 heavy (non-hydrogen) atoms. The van der Waals surface area contributed by atoms with Gasteiger partial charge < -0.3 is 10.1 Å². The SMILES string of the molecule is NC(=O)c1scc(-c2cn3ccccc3n2)c1-c1ccccc1. The Hall–Kier alpha value is -2.92. The monoisotopic (exact) mass is 319 g/mol. The van der Waals surface area contributed by atoms with Crippen LogP contribution in [0.4, 0.5) is 0 Å². The maximum Gasteiger partial charge on any atom is 0.259 e. The molecule has 2 N–H and O–H groups in total. The number of rotatable bonds is 3. The zero-order chi connectivity index (χ0) is 15.8. The minimum absolute atomic E-state index is 0.413. The second-order valence-electron chi connectivity index (χ2n) is 5.18. The fourth-order valence-corrected chi connectivity index (χ4v) is 3.62. The fourth-order valence-electron chi connectivity index (χ4n) is 2.68. The smallest absolute Gasteiger partial charge is 0.259 e. The normalized spacial score (nSPS) is 11.0. The number of amides is 1. The van der Waals surface area contributed by atoms with Crippen molar-refractivity contribution in [2.24, 2.45) is 5.73 Å². The van der Waals surface area contributed by atoms with Gasteiger partial charge in [0.15, 0.2) is 0 Å². The molecule has 0 unspecified atom stereocenters. The summed E-state index contributed by atoms with van der Waals surface area (Å²) in [7, 11) is 0. The van der Waals surface area contributed by atoms with Crippen LogP contribution in [-0.4, -0.2) is 15.3 Å². The van der Waals surface area contributed by atoms with Crippen molar-refractivity contribution >= 4 is 22.9 Å². The second kappa shape index (κ2) is 5.37. The van der Waals surface area contributed by atoms with Crippen LogP contribution in [-0.2, 0) is 0 Å². The number of nitrogens with two attached hydrogens (primary N) is 1. The highest BCUT2D eigenvalue weighted by Crippen LogP contribution is 2.38. The van der Waals surface area contributed by atoms with E-state index in [9.17, 15) is 4.79 Å². The van der Waals surface area contributed by atoms with Crippen molar-refractivity contribution in [2.75, 3.05) is 0 Å². The lowest BCUT2D eigenvalue weighted by molar-refractivity contribution is 0.100. The van der Waals surface area contributed by atoms with E-state index < -0.39 is 5.91 Å². The van der Waals surface area contributed by atoms with Gasteiger partial charge in [0.1, 0.15) is 10.5 Å². The predicted octanol–water partition coefficient (Wildman–Crippen LogP) is 3.83. The van der Waals surface area contributed by atoms with Gasteiger partial charge in [-0.1, -0.05) is 36.4 Å². The summed E-state index contributed by atoms with van der Waals surface area (Å²) in [6, 6.07) is 15.7. The number of hydrogen-bond donors (Lipinski definition) is 1. The fraction of sp³-hybridized carbons (Fsp3) is 0. The Morgan fingerprint density at radius 2 is 1.87 bits per heavy atom. The van der Waals surface area contributed by atoms with E-state index in [2.05, 4.69) is 4.98 Å². The van der Waals surface area contributed by atoms with Crippen LogP contribution in [0.2, 0.25) is 0 Å². The molecule has 0 radical (unpaired) electrons. The molecule has 0 saturated carbocycles. The molecule has 3 heterocycles. The van der Waals surface area contributed by atoms with E-state index in [4.69, 9.17) is 5.73 Å². The largest absolute Gasteiger partial charge is 0.365 e. The average molecular weight is 319 g/mol. The number of hydrogen-bond acceptors (Lipinski definition) is 3. The number of aromatic nitrogens is 2. The van der Waals surface area contributed by atoms with E-state index in [0.717, 1.165) is 28.0 Å². The predicted molar refractivity (Wildman–Crippen MR) is 92.5 cm³/mol. The number of primary amides is 1. The zero-order valence-corrected chi connectivity index (χ0v) is 13.0. The first-order valence-electron chi connectivity index (χ1n) is 7.15. The van der Waals surface area contributed by atoms with Crippen molar-refractivity contribution in [3.63, 3.8) is 0 Å². The number of thiophene rings is 1. The lowest BCUT2D eigenvalue weighted by Crippen LogP contribution is -2.10. The van der Waals surface area contributed by atoms with Crippen LogP contribution in [0.15, 0.2) is 66.3 Å². The van der Waals surface area contributed by atoms with Crippen LogP contribution in [0.1, 0.15) is 9.67 Å². The average Bonchev–Trinajstić information content (AvgIpc) is 3.19. The molecule has 1 aromatic carbocycles. The maximum atomic E-state index is 11.8. The van der Waals surface area contributed by atoms with Crippen molar-refractivity contribution in [2.45, 2.75) is 0 Å². The Bertz CT molecular complexity index is 968. The van der Waals surface area contributed by atoms with Crippen molar-refractivity contribution in [3.05, 3.63) is 71.2 Å². The van der Waals surface area contributed by atoms with Gasteiger partial charge in [-0.15, -0.1) is 11.3 Å². The third-order valence-electron chi connectivity index (χ3n) is 3.72. The number of carbonyl (C=O) groups is 1. The standard InChI is InChI=1S/C18H13N3OS/c19-18(22)17-16(12-6-2-1-3-7-12)13(11-23-17)14-10-21-9-5-4-8-15(21)20-14/h1-11H,(H2,19,22). The molecule has 4 rings (SSSR count). The Morgan fingerprint density at radius 1 is 1.09 bits per heavy atom. The molecule has 0 atom stereocenters. The molecular formula is C18H13N3OS. The number of pyridine rings is 1. The van der Waals surface area contributed by atoms with Crippen molar-refractivity contribution in [1.82, 2.24) is 9.38 Å².